The summed E-state index contributed by atoms with van der Waals surface area (Å²) in [7, 11) is 0. The monoisotopic (exact) mass is 452 g/mol. The normalized spacial score (nSPS) is 16.7. The Balaban J connectivity index is 1.86. The first-order valence-corrected chi connectivity index (χ1v) is 10.5. The summed E-state index contributed by atoms with van der Waals surface area (Å²) in [5.41, 5.74) is 5.14. The maximum atomic E-state index is 13.2. The van der Waals surface area contributed by atoms with Crippen LogP contribution in [-0.4, -0.2) is 46.7 Å². The van der Waals surface area contributed by atoms with E-state index in [-0.39, 0.29) is 23.4 Å². The van der Waals surface area contributed by atoms with Crippen LogP contribution in [0.3, 0.4) is 0 Å². The third-order valence-corrected chi connectivity index (χ3v) is 5.14. The van der Waals surface area contributed by atoms with E-state index in [1.54, 1.807) is 0 Å². The lowest BCUT2D eigenvalue weighted by atomic mass is 10.1. The average Bonchev–Trinajstić information content (AvgIpc) is 2.74. The van der Waals surface area contributed by atoms with Crippen molar-refractivity contribution in [2.75, 3.05) is 35.6 Å². The number of carbonyl (C=O) groups excluding carboxylic acids is 1. The van der Waals surface area contributed by atoms with Gasteiger partial charge in [-0.3, -0.25) is 4.79 Å². The van der Waals surface area contributed by atoms with Crippen LogP contribution in [0.5, 0.6) is 0 Å². The summed E-state index contributed by atoms with van der Waals surface area (Å²) >= 11 is 0. The van der Waals surface area contributed by atoms with E-state index in [0.717, 1.165) is 31.0 Å². The summed E-state index contributed by atoms with van der Waals surface area (Å²) in [6.45, 7) is 2.66. The summed E-state index contributed by atoms with van der Waals surface area (Å²) < 4.78 is 39.6. The van der Waals surface area contributed by atoms with Crippen LogP contribution >= 0.6 is 0 Å². The van der Waals surface area contributed by atoms with Crippen molar-refractivity contribution < 1.29 is 23.1 Å². The van der Waals surface area contributed by atoms with Crippen LogP contribution in [0.15, 0.2) is 24.3 Å². The second kappa shape index (κ2) is 10.0. The van der Waals surface area contributed by atoms with Gasteiger partial charge in [0.25, 0.3) is 0 Å². The molecule has 1 fully saturated rings. The number of aliphatic hydroxyl groups excluding tert-OH is 1. The maximum Gasteiger partial charge on any atom is 0.418 e. The number of aliphatic hydroxyl groups is 1. The fourth-order valence-electron chi connectivity index (χ4n) is 3.67. The van der Waals surface area contributed by atoms with Crippen molar-refractivity contribution in [1.82, 2.24) is 15.3 Å². The largest absolute Gasteiger partial charge is 0.418 e. The van der Waals surface area contributed by atoms with Gasteiger partial charge < -0.3 is 26.4 Å². The summed E-state index contributed by atoms with van der Waals surface area (Å²) in [5.74, 6) is 0.378. The van der Waals surface area contributed by atoms with Crippen LogP contribution in [0.4, 0.5) is 36.3 Å². The van der Waals surface area contributed by atoms with Crippen LogP contribution < -0.4 is 21.3 Å². The van der Waals surface area contributed by atoms with Crippen LogP contribution in [0.1, 0.15) is 37.4 Å². The summed E-state index contributed by atoms with van der Waals surface area (Å²) in [6, 6.07) is 5.31. The Kier molecular flexibility index (Phi) is 7.39. The standard InChI is InChI=1S/C21H27F3N6O2/c1-2-4-13-10-18(30-8-3-5-15(11-30)26-19(32)12-31)29-20(27-13)28-14-6-7-17(25)16(9-14)21(22,23)24/h6-7,9-10,15,31H,2-5,8,11-12,25H2,1H3,(H,26,32)(H,27,28,29). The fraction of sp³-hybridized carbons (Fsp3) is 0.476. The molecule has 174 valence electrons. The van der Waals surface area contributed by atoms with Crippen LogP contribution in [0.2, 0.25) is 0 Å². The van der Waals surface area contributed by atoms with Crippen molar-refractivity contribution in [3.05, 3.63) is 35.5 Å². The zero-order chi connectivity index (χ0) is 23.3. The maximum absolute atomic E-state index is 13.2. The van der Waals surface area contributed by atoms with Crippen LogP contribution in [-0.2, 0) is 17.4 Å². The first kappa shape index (κ1) is 23.6. The Labute approximate surface area is 184 Å². The van der Waals surface area contributed by atoms with Crippen molar-refractivity contribution in [2.45, 2.75) is 44.8 Å². The molecule has 0 bridgehead atoms. The molecule has 3 rings (SSSR count). The molecule has 0 spiro atoms. The van der Waals surface area contributed by atoms with Gasteiger partial charge in [-0.15, -0.1) is 0 Å². The van der Waals surface area contributed by atoms with E-state index in [9.17, 15) is 18.0 Å². The molecule has 2 heterocycles. The predicted octanol–water partition coefficient (Wildman–Crippen LogP) is 2.85. The minimum Gasteiger partial charge on any atom is -0.398 e. The topological polar surface area (TPSA) is 116 Å². The number of hydrogen-bond acceptors (Lipinski definition) is 7. The van der Waals surface area contributed by atoms with E-state index in [1.165, 1.54) is 12.1 Å². The molecule has 1 aromatic heterocycles. The van der Waals surface area contributed by atoms with Gasteiger partial charge in [-0.2, -0.15) is 18.2 Å². The van der Waals surface area contributed by atoms with E-state index >= 15 is 0 Å². The van der Waals surface area contributed by atoms with Gasteiger partial charge in [0.1, 0.15) is 12.4 Å². The third-order valence-electron chi connectivity index (χ3n) is 5.14. The third kappa shape index (κ3) is 6.00. The molecule has 1 aliphatic rings. The van der Waals surface area contributed by atoms with Gasteiger partial charge in [-0.25, -0.2) is 4.98 Å². The van der Waals surface area contributed by atoms with E-state index in [1.807, 2.05) is 17.9 Å². The number of aromatic nitrogens is 2. The van der Waals surface area contributed by atoms with Gasteiger partial charge in [0.05, 0.1) is 5.56 Å². The molecule has 1 amide bonds. The number of nitrogens with zero attached hydrogens (tertiary/aromatic N) is 3. The lowest BCUT2D eigenvalue weighted by molar-refractivity contribution is -0.136. The molecule has 0 saturated carbocycles. The van der Waals surface area contributed by atoms with Crippen molar-refractivity contribution in [1.29, 1.82) is 0 Å². The fourth-order valence-corrected chi connectivity index (χ4v) is 3.67. The minimum absolute atomic E-state index is 0.129. The van der Waals surface area contributed by atoms with Crippen molar-refractivity contribution in [2.24, 2.45) is 0 Å². The van der Waals surface area contributed by atoms with Gasteiger partial charge in [-0.05, 0) is 37.5 Å². The van der Waals surface area contributed by atoms with Gasteiger partial charge in [0.2, 0.25) is 11.9 Å². The van der Waals surface area contributed by atoms with Gasteiger partial charge in [-0.1, -0.05) is 13.3 Å². The quantitative estimate of drug-likeness (QED) is 0.478. The molecule has 5 N–H and O–H groups in total. The second-order valence-electron chi connectivity index (χ2n) is 7.73. The number of amides is 1. The molecule has 0 aliphatic carbocycles. The number of hydrogen-bond donors (Lipinski definition) is 4. The number of nitrogens with two attached hydrogens (primary N) is 1. The number of aryl methyl sites for hydroxylation is 1. The van der Waals surface area contributed by atoms with Crippen molar-refractivity contribution in [3.8, 4) is 0 Å². The van der Waals surface area contributed by atoms with E-state index in [2.05, 4.69) is 20.6 Å². The molecular weight excluding hydrogens is 425 g/mol. The number of halogens is 3. The Morgan fingerprint density at radius 2 is 2.09 bits per heavy atom. The number of nitrogens with one attached hydrogen (secondary N) is 2. The number of benzene rings is 1. The minimum atomic E-state index is -4.57. The Bertz CT molecular complexity index is 954. The SMILES string of the molecule is CCCc1cc(N2CCCC(NC(=O)CO)C2)nc(Nc2ccc(N)c(C(F)(F)F)c2)n1. The Hall–Kier alpha value is -3.08. The molecule has 1 unspecified atom stereocenters. The molecule has 0 radical (unpaired) electrons. The highest BCUT2D eigenvalue weighted by atomic mass is 19.4. The lowest BCUT2D eigenvalue weighted by Gasteiger charge is -2.34. The number of rotatable bonds is 7. The average molecular weight is 452 g/mol. The van der Waals surface area contributed by atoms with Crippen molar-refractivity contribution >= 4 is 29.0 Å². The highest BCUT2D eigenvalue weighted by Gasteiger charge is 2.33. The molecule has 1 aliphatic heterocycles. The summed E-state index contributed by atoms with van der Waals surface area (Å²) in [5, 5.41) is 14.6. The molecule has 8 nitrogen and oxygen atoms in total. The van der Waals surface area contributed by atoms with Gasteiger partial charge >= 0.3 is 6.18 Å². The predicted molar refractivity (Wildman–Crippen MR) is 116 cm³/mol. The molecule has 1 saturated heterocycles. The first-order chi connectivity index (χ1) is 15.2. The number of alkyl halides is 3. The van der Waals surface area contributed by atoms with E-state index < -0.39 is 24.3 Å². The number of nitrogen functional groups attached to an aromatic ring is 1. The lowest BCUT2D eigenvalue weighted by Crippen LogP contribution is -2.48. The molecule has 1 atom stereocenters. The number of carbonyl (C=O) groups is 1. The van der Waals surface area contributed by atoms with Gasteiger partial charge in [0.15, 0.2) is 0 Å². The van der Waals surface area contributed by atoms with Crippen LogP contribution in [0, 0.1) is 0 Å². The zero-order valence-electron chi connectivity index (χ0n) is 17.7. The van der Waals surface area contributed by atoms with E-state index in [0.29, 0.717) is 25.3 Å². The summed E-state index contributed by atoms with van der Waals surface area (Å²) in [4.78, 5) is 22.5. The first-order valence-electron chi connectivity index (χ1n) is 10.5. The summed E-state index contributed by atoms with van der Waals surface area (Å²) in [6.07, 6.45) is -1.45. The smallest absolute Gasteiger partial charge is 0.398 e. The van der Waals surface area contributed by atoms with E-state index in [4.69, 9.17) is 10.8 Å². The number of anilines is 4. The highest BCUT2D eigenvalue weighted by Crippen LogP contribution is 2.35. The highest BCUT2D eigenvalue weighted by molar-refractivity contribution is 5.77. The molecule has 1 aromatic carbocycles. The van der Waals surface area contributed by atoms with Crippen LogP contribution in [0.25, 0.3) is 0 Å². The number of piperidine rings is 1. The Morgan fingerprint density at radius 3 is 2.78 bits per heavy atom. The van der Waals surface area contributed by atoms with Crippen molar-refractivity contribution in [3.63, 3.8) is 0 Å². The molecule has 32 heavy (non-hydrogen) atoms. The zero-order valence-corrected chi connectivity index (χ0v) is 17.7. The molecular formula is C21H27F3N6O2. The molecule has 11 heteroatoms. The Morgan fingerprint density at radius 1 is 1.31 bits per heavy atom. The molecule has 2 aromatic rings. The van der Waals surface area contributed by atoms with Gasteiger partial charge in [0, 0.05) is 42.3 Å². The second-order valence-corrected chi connectivity index (χ2v) is 7.73.